The molecule has 1 heterocycles. The van der Waals surface area contributed by atoms with Crippen molar-refractivity contribution in [2.45, 2.75) is 19.8 Å². The molecule has 1 saturated heterocycles. The molecule has 2 aromatic rings. The summed E-state index contributed by atoms with van der Waals surface area (Å²) in [6, 6.07) is 13.5. The second-order valence-electron chi connectivity index (χ2n) is 7.03. The van der Waals surface area contributed by atoms with Gasteiger partial charge in [0.15, 0.2) is 0 Å². The quantitative estimate of drug-likeness (QED) is 0.863. The van der Waals surface area contributed by atoms with E-state index in [9.17, 15) is 14.0 Å². The van der Waals surface area contributed by atoms with Gasteiger partial charge in [0.05, 0.1) is 6.54 Å². The van der Waals surface area contributed by atoms with Crippen molar-refractivity contribution in [2.24, 2.45) is 0 Å². The van der Waals surface area contributed by atoms with Crippen LogP contribution in [0.15, 0.2) is 48.5 Å². The van der Waals surface area contributed by atoms with Crippen molar-refractivity contribution in [1.82, 2.24) is 9.80 Å². The molecule has 0 spiro atoms. The number of hydrogen-bond donors (Lipinski definition) is 1. The van der Waals surface area contributed by atoms with Gasteiger partial charge in [-0.3, -0.25) is 14.5 Å². The lowest BCUT2D eigenvalue weighted by Gasteiger charge is -2.22. The predicted molar refractivity (Wildman–Crippen MR) is 108 cm³/mol. The van der Waals surface area contributed by atoms with E-state index in [4.69, 9.17) is 0 Å². The summed E-state index contributed by atoms with van der Waals surface area (Å²) in [6.07, 6.45) is 1.72. The number of nitrogens with zero attached hydrogens (tertiary/aromatic N) is 2. The summed E-state index contributed by atoms with van der Waals surface area (Å²) in [7, 11) is 0. The van der Waals surface area contributed by atoms with Crippen LogP contribution >= 0.6 is 0 Å². The Bertz CT molecular complexity index is 823. The maximum atomic E-state index is 13.1. The number of anilines is 1. The summed E-state index contributed by atoms with van der Waals surface area (Å²) in [5, 5.41) is 2.95. The van der Waals surface area contributed by atoms with Gasteiger partial charge in [0.25, 0.3) is 5.91 Å². The Kier molecular flexibility index (Phi) is 6.76. The van der Waals surface area contributed by atoms with Crippen LogP contribution in [0.5, 0.6) is 0 Å². The second-order valence-corrected chi connectivity index (χ2v) is 7.03. The molecule has 0 unspecified atom stereocenters. The Morgan fingerprint density at radius 3 is 2.57 bits per heavy atom. The highest BCUT2D eigenvalue weighted by atomic mass is 19.1. The molecule has 1 aliphatic heterocycles. The Hall–Kier alpha value is -2.73. The van der Waals surface area contributed by atoms with Gasteiger partial charge in [0.2, 0.25) is 5.91 Å². The van der Waals surface area contributed by atoms with E-state index >= 15 is 0 Å². The topological polar surface area (TPSA) is 52.7 Å². The summed E-state index contributed by atoms with van der Waals surface area (Å²) in [5.41, 5.74) is 2.48. The molecule has 28 heavy (non-hydrogen) atoms. The molecule has 1 fully saturated rings. The predicted octanol–water partition coefficient (Wildman–Crippen LogP) is 3.17. The molecule has 0 aromatic heterocycles. The number of hydrogen-bond acceptors (Lipinski definition) is 3. The molecule has 0 bridgehead atoms. The molecular formula is C22H26FN3O2. The second kappa shape index (κ2) is 9.46. The monoisotopic (exact) mass is 383 g/mol. The van der Waals surface area contributed by atoms with E-state index in [1.807, 2.05) is 24.3 Å². The van der Waals surface area contributed by atoms with Crippen LogP contribution in [-0.2, 0) is 11.2 Å². The standard InChI is InChI=1S/C22H26FN3O2/c1-2-17-5-3-6-20(15-17)24-21(27)16-25-11-4-12-26(14-13-25)22(28)18-7-9-19(23)10-8-18/h3,5-10,15H,2,4,11-14,16H2,1H3,(H,24,27). The zero-order chi connectivity index (χ0) is 19.9. The van der Waals surface area contributed by atoms with Crippen molar-refractivity contribution in [2.75, 3.05) is 38.0 Å². The number of aryl methyl sites for hydroxylation is 1. The maximum absolute atomic E-state index is 13.1. The molecule has 6 heteroatoms. The highest BCUT2D eigenvalue weighted by Gasteiger charge is 2.21. The maximum Gasteiger partial charge on any atom is 0.253 e. The van der Waals surface area contributed by atoms with Crippen molar-refractivity contribution in [1.29, 1.82) is 0 Å². The smallest absolute Gasteiger partial charge is 0.253 e. The summed E-state index contributed by atoms with van der Waals surface area (Å²) in [4.78, 5) is 28.8. The molecule has 2 amide bonds. The van der Waals surface area contributed by atoms with Gasteiger partial charge in [-0.05, 0) is 54.8 Å². The van der Waals surface area contributed by atoms with Crippen LogP contribution in [0, 0.1) is 5.82 Å². The number of benzene rings is 2. The first-order valence-corrected chi connectivity index (χ1v) is 9.71. The Labute approximate surface area is 165 Å². The summed E-state index contributed by atoms with van der Waals surface area (Å²) in [5.74, 6) is -0.497. The highest BCUT2D eigenvalue weighted by Crippen LogP contribution is 2.13. The molecule has 0 saturated carbocycles. The minimum absolute atomic E-state index is 0.0495. The lowest BCUT2D eigenvalue weighted by atomic mass is 10.1. The summed E-state index contributed by atoms with van der Waals surface area (Å²) < 4.78 is 13.1. The first-order valence-electron chi connectivity index (χ1n) is 9.71. The molecule has 3 rings (SSSR count). The molecule has 5 nitrogen and oxygen atoms in total. The third kappa shape index (κ3) is 5.39. The molecule has 2 aromatic carbocycles. The van der Waals surface area contributed by atoms with E-state index in [0.717, 1.165) is 25.1 Å². The molecule has 1 N–H and O–H groups in total. The van der Waals surface area contributed by atoms with Crippen molar-refractivity contribution in [3.63, 3.8) is 0 Å². The minimum atomic E-state index is -0.353. The number of carbonyl (C=O) groups excluding carboxylic acids is 2. The fraction of sp³-hybridized carbons (Fsp3) is 0.364. The lowest BCUT2D eigenvalue weighted by molar-refractivity contribution is -0.117. The first kappa shape index (κ1) is 20.0. The van der Waals surface area contributed by atoms with Gasteiger partial charge in [-0.2, -0.15) is 0 Å². The molecule has 0 radical (unpaired) electrons. The van der Waals surface area contributed by atoms with E-state index in [1.165, 1.54) is 29.8 Å². The van der Waals surface area contributed by atoms with Crippen LogP contribution in [0.25, 0.3) is 0 Å². The third-order valence-corrected chi connectivity index (χ3v) is 4.95. The fourth-order valence-electron chi connectivity index (χ4n) is 3.38. The normalized spacial score (nSPS) is 15.1. The van der Waals surface area contributed by atoms with Crippen molar-refractivity contribution in [3.8, 4) is 0 Å². The van der Waals surface area contributed by atoms with Gasteiger partial charge in [0.1, 0.15) is 5.82 Å². The average molecular weight is 383 g/mol. The molecule has 148 valence electrons. The minimum Gasteiger partial charge on any atom is -0.337 e. The van der Waals surface area contributed by atoms with Gasteiger partial charge in [-0.1, -0.05) is 19.1 Å². The zero-order valence-electron chi connectivity index (χ0n) is 16.2. The average Bonchev–Trinajstić information content (AvgIpc) is 2.93. The number of amides is 2. The molecular weight excluding hydrogens is 357 g/mol. The van der Waals surface area contributed by atoms with Crippen LogP contribution in [0.3, 0.4) is 0 Å². The van der Waals surface area contributed by atoms with Crippen LogP contribution < -0.4 is 5.32 Å². The zero-order valence-corrected chi connectivity index (χ0v) is 16.2. The largest absolute Gasteiger partial charge is 0.337 e. The van der Waals surface area contributed by atoms with Crippen LogP contribution in [-0.4, -0.2) is 54.3 Å². The fourth-order valence-corrected chi connectivity index (χ4v) is 3.38. The highest BCUT2D eigenvalue weighted by molar-refractivity contribution is 5.94. The van der Waals surface area contributed by atoms with Gasteiger partial charge in [-0.25, -0.2) is 4.39 Å². The number of carbonyl (C=O) groups is 2. The lowest BCUT2D eigenvalue weighted by Crippen LogP contribution is -2.38. The Morgan fingerprint density at radius 2 is 1.82 bits per heavy atom. The van der Waals surface area contributed by atoms with Gasteiger partial charge >= 0.3 is 0 Å². The molecule has 0 aliphatic carbocycles. The van der Waals surface area contributed by atoms with E-state index in [-0.39, 0.29) is 17.6 Å². The van der Waals surface area contributed by atoms with Crippen molar-refractivity contribution in [3.05, 3.63) is 65.5 Å². The van der Waals surface area contributed by atoms with Crippen molar-refractivity contribution < 1.29 is 14.0 Å². The van der Waals surface area contributed by atoms with Crippen LogP contribution in [0.1, 0.15) is 29.3 Å². The number of rotatable bonds is 5. The van der Waals surface area contributed by atoms with Gasteiger partial charge in [0, 0.05) is 37.4 Å². The van der Waals surface area contributed by atoms with E-state index < -0.39 is 0 Å². The van der Waals surface area contributed by atoms with E-state index in [1.54, 1.807) is 4.90 Å². The third-order valence-electron chi connectivity index (χ3n) is 4.95. The van der Waals surface area contributed by atoms with Crippen molar-refractivity contribution >= 4 is 17.5 Å². The number of nitrogens with one attached hydrogen (secondary N) is 1. The number of halogens is 1. The van der Waals surface area contributed by atoms with E-state index in [2.05, 4.69) is 17.1 Å². The Balaban J connectivity index is 1.52. The Morgan fingerprint density at radius 1 is 1.04 bits per heavy atom. The SMILES string of the molecule is CCc1cccc(NC(=O)CN2CCCN(C(=O)c3ccc(F)cc3)CC2)c1. The molecule has 1 aliphatic rings. The van der Waals surface area contributed by atoms with Gasteiger partial charge in [-0.15, -0.1) is 0 Å². The van der Waals surface area contributed by atoms with Crippen LogP contribution in [0.2, 0.25) is 0 Å². The first-order chi connectivity index (χ1) is 13.5. The summed E-state index contributed by atoms with van der Waals surface area (Å²) >= 11 is 0. The summed E-state index contributed by atoms with van der Waals surface area (Å²) in [6.45, 7) is 4.96. The van der Waals surface area contributed by atoms with Gasteiger partial charge < -0.3 is 10.2 Å². The van der Waals surface area contributed by atoms with E-state index in [0.29, 0.717) is 31.7 Å². The van der Waals surface area contributed by atoms with Crippen LogP contribution in [0.4, 0.5) is 10.1 Å². The molecule has 0 atom stereocenters.